The molecule has 1 amide bonds. The molecular weight excluding hydrogens is 316 g/mol. The van der Waals surface area contributed by atoms with Gasteiger partial charge in [-0.1, -0.05) is 36.4 Å². The monoisotopic (exact) mass is 336 g/mol. The van der Waals surface area contributed by atoms with Crippen molar-refractivity contribution in [2.24, 2.45) is 7.05 Å². The zero-order chi connectivity index (χ0) is 17.8. The number of hydrogen-bond acceptors (Lipinski definition) is 3. The number of fused-ring (bicyclic) bond motifs is 1. The maximum Gasteiger partial charge on any atom is 0.258 e. The van der Waals surface area contributed by atoms with Crippen molar-refractivity contribution < 1.29 is 9.53 Å². The fourth-order valence-electron chi connectivity index (χ4n) is 2.91. The Morgan fingerprint density at radius 1 is 1.08 bits per heavy atom. The van der Waals surface area contributed by atoms with E-state index in [0.29, 0.717) is 29.3 Å². The van der Waals surface area contributed by atoms with Gasteiger partial charge in [0.15, 0.2) is 0 Å². The van der Waals surface area contributed by atoms with E-state index in [9.17, 15) is 9.59 Å². The fourth-order valence-corrected chi connectivity index (χ4v) is 2.91. The lowest BCUT2D eigenvalue weighted by Gasteiger charge is -2.11. The molecule has 128 valence electrons. The number of benzene rings is 2. The van der Waals surface area contributed by atoms with Crippen LogP contribution in [0.4, 0.5) is 0 Å². The second-order valence-electron chi connectivity index (χ2n) is 5.82. The summed E-state index contributed by atoms with van der Waals surface area (Å²) in [7, 11) is 3.29. The van der Waals surface area contributed by atoms with Crippen molar-refractivity contribution in [3.8, 4) is 5.75 Å². The molecule has 25 heavy (non-hydrogen) atoms. The number of pyridine rings is 1. The molecule has 0 spiro atoms. The molecule has 0 saturated heterocycles. The fraction of sp³-hybridized carbons (Fsp3) is 0.200. The van der Waals surface area contributed by atoms with Crippen LogP contribution >= 0.6 is 0 Å². The molecular formula is C20H20N2O3. The average Bonchev–Trinajstić information content (AvgIpc) is 2.65. The van der Waals surface area contributed by atoms with Crippen molar-refractivity contribution in [1.29, 1.82) is 0 Å². The van der Waals surface area contributed by atoms with E-state index in [4.69, 9.17) is 4.74 Å². The molecule has 0 radical (unpaired) electrons. The number of carbonyl (C=O) groups excluding carboxylic acids is 1. The van der Waals surface area contributed by atoms with Gasteiger partial charge in [0.05, 0.1) is 12.7 Å². The number of nitrogens with zero attached hydrogens (tertiary/aromatic N) is 1. The number of nitrogens with one attached hydrogen (secondary N) is 1. The van der Waals surface area contributed by atoms with Gasteiger partial charge in [-0.2, -0.15) is 0 Å². The van der Waals surface area contributed by atoms with Crippen LogP contribution in [-0.2, 0) is 13.5 Å². The summed E-state index contributed by atoms with van der Waals surface area (Å²) in [6.07, 6.45) is 2.25. The van der Waals surface area contributed by atoms with E-state index in [1.807, 2.05) is 30.3 Å². The lowest BCUT2D eigenvalue weighted by Crippen LogP contribution is -2.28. The Kier molecular flexibility index (Phi) is 4.84. The molecule has 0 saturated carbocycles. The van der Waals surface area contributed by atoms with Crippen LogP contribution < -0.4 is 15.6 Å². The first-order valence-corrected chi connectivity index (χ1v) is 8.10. The highest BCUT2D eigenvalue weighted by molar-refractivity contribution is 6.06. The van der Waals surface area contributed by atoms with Crippen LogP contribution in [0.3, 0.4) is 0 Å². The van der Waals surface area contributed by atoms with Crippen LogP contribution in [0.5, 0.6) is 5.75 Å². The van der Waals surface area contributed by atoms with Gasteiger partial charge in [-0.05, 0) is 24.1 Å². The van der Waals surface area contributed by atoms with E-state index in [0.717, 1.165) is 11.3 Å². The maximum absolute atomic E-state index is 12.6. The number of aromatic nitrogens is 1. The number of methoxy groups -OCH3 is 1. The summed E-state index contributed by atoms with van der Waals surface area (Å²) >= 11 is 0. The predicted molar refractivity (Wildman–Crippen MR) is 98.2 cm³/mol. The van der Waals surface area contributed by atoms with Gasteiger partial charge >= 0.3 is 0 Å². The minimum absolute atomic E-state index is 0.110. The first-order chi connectivity index (χ1) is 12.1. The number of ether oxygens (including phenoxy) is 1. The zero-order valence-electron chi connectivity index (χ0n) is 14.3. The van der Waals surface area contributed by atoms with E-state index in [1.54, 1.807) is 38.6 Å². The van der Waals surface area contributed by atoms with Crippen LogP contribution in [0, 0.1) is 0 Å². The van der Waals surface area contributed by atoms with Crippen LogP contribution in [0.15, 0.2) is 59.5 Å². The number of para-hydroxylation sites is 1. The third-order valence-electron chi connectivity index (χ3n) is 4.21. The molecule has 5 heteroatoms. The van der Waals surface area contributed by atoms with E-state index in [1.165, 1.54) is 4.57 Å². The minimum atomic E-state index is -0.193. The number of carbonyl (C=O) groups is 1. The molecule has 5 nitrogen and oxygen atoms in total. The van der Waals surface area contributed by atoms with Gasteiger partial charge < -0.3 is 14.6 Å². The quantitative estimate of drug-likeness (QED) is 0.779. The van der Waals surface area contributed by atoms with Gasteiger partial charge in [0.25, 0.3) is 11.5 Å². The first kappa shape index (κ1) is 16.8. The third-order valence-corrected chi connectivity index (χ3v) is 4.21. The van der Waals surface area contributed by atoms with Gasteiger partial charge in [0, 0.05) is 30.6 Å². The molecule has 1 N–H and O–H groups in total. The highest BCUT2D eigenvalue weighted by Gasteiger charge is 2.13. The Bertz CT molecular complexity index is 976. The number of hydrogen-bond donors (Lipinski definition) is 1. The number of aryl methyl sites for hydroxylation is 1. The van der Waals surface area contributed by atoms with Crippen LogP contribution in [0.1, 0.15) is 15.9 Å². The number of rotatable bonds is 5. The molecule has 1 heterocycles. The lowest BCUT2D eigenvalue weighted by atomic mass is 10.1. The predicted octanol–water partition coefficient (Wildman–Crippen LogP) is 2.52. The van der Waals surface area contributed by atoms with Gasteiger partial charge in [-0.15, -0.1) is 0 Å². The summed E-state index contributed by atoms with van der Waals surface area (Å²) in [5, 5.41) is 4.14. The van der Waals surface area contributed by atoms with E-state index >= 15 is 0 Å². The van der Waals surface area contributed by atoms with Crippen LogP contribution in [0.25, 0.3) is 10.8 Å². The molecule has 0 atom stereocenters. The molecule has 0 aliphatic carbocycles. The highest BCUT2D eigenvalue weighted by Crippen LogP contribution is 2.18. The van der Waals surface area contributed by atoms with E-state index in [2.05, 4.69) is 5.32 Å². The van der Waals surface area contributed by atoms with Gasteiger partial charge in [-0.25, -0.2) is 0 Å². The molecule has 0 bridgehead atoms. The Balaban J connectivity index is 1.79. The van der Waals surface area contributed by atoms with Crippen molar-refractivity contribution in [3.63, 3.8) is 0 Å². The van der Waals surface area contributed by atoms with Gasteiger partial charge in [-0.3, -0.25) is 9.59 Å². The van der Waals surface area contributed by atoms with Crippen molar-refractivity contribution >= 4 is 16.7 Å². The largest absolute Gasteiger partial charge is 0.496 e. The molecule has 0 aliphatic rings. The summed E-state index contributed by atoms with van der Waals surface area (Å²) in [6.45, 7) is 0.483. The Hall–Kier alpha value is -3.08. The first-order valence-electron chi connectivity index (χ1n) is 8.10. The molecule has 0 unspecified atom stereocenters. The standard InChI is InChI=1S/C20H20N2O3/c1-22-13-17(15-8-4-5-9-16(15)20(22)24)19(23)21-12-11-14-7-3-6-10-18(14)25-2/h3-10,13H,11-12H2,1-2H3,(H,21,23). The Labute approximate surface area is 145 Å². The van der Waals surface area contributed by atoms with Crippen LogP contribution in [-0.4, -0.2) is 24.1 Å². The van der Waals surface area contributed by atoms with Crippen molar-refractivity contribution in [1.82, 2.24) is 9.88 Å². The Morgan fingerprint density at radius 3 is 2.52 bits per heavy atom. The van der Waals surface area contributed by atoms with Crippen molar-refractivity contribution in [2.45, 2.75) is 6.42 Å². The minimum Gasteiger partial charge on any atom is -0.496 e. The summed E-state index contributed by atoms with van der Waals surface area (Å²) < 4.78 is 6.77. The normalized spacial score (nSPS) is 10.6. The van der Waals surface area contributed by atoms with E-state index < -0.39 is 0 Å². The second kappa shape index (κ2) is 7.21. The Morgan fingerprint density at radius 2 is 1.76 bits per heavy atom. The summed E-state index contributed by atoms with van der Waals surface area (Å²) in [5.41, 5.74) is 1.43. The van der Waals surface area contributed by atoms with Gasteiger partial charge in [0.2, 0.25) is 0 Å². The average molecular weight is 336 g/mol. The maximum atomic E-state index is 12.6. The topological polar surface area (TPSA) is 60.3 Å². The smallest absolute Gasteiger partial charge is 0.258 e. The number of amides is 1. The molecule has 3 rings (SSSR count). The van der Waals surface area contributed by atoms with E-state index in [-0.39, 0.29) is 11.5 Å². The summed E-state index contributed by atoms with van der Waals surface area (Å²) in [5.74, 6) is 0.617. The molecule has 1 aromatic heterocycles. The summed E-state index contributed by atoms with van der Waals surface area (Å²) in [4.78, 5) is 24.8. The van der Waals surface area contributed by atoms with Crippen molar-refractivity contribution in [2.75, 3.05) is 13.7 Å². The second-order valence-corrected chi connectivity index (χ2v) is 5.82. The highest BCUT2D eigenvalue weighted by atomic mass is 16.5. The third kappa shape index (κ3) is 3.40. The van der Waals surface area contributed by atoms with Gasteiger partial charge in [0.1, 0.15) is 5.75 Å². The van der Waals surface area contributed by atoms with Crippen LogP contribution in [0.2, 0.25) is 0 Å². The molecule has 0 fully saturated rings. The molecule has 0 aliphatic heterocycles. The molecule has 3 aromatic rings. The van der Waals surface area contributed by atoms with Crippen molar-refractivity contribution in [3.05, 3.63) is 76.2 Å². The SMILES string of the molecule is COc1ccccc1CCNC(=O)c1cn(C)c(=O)c2ccccc12. The summed E-state index contributed by atoms with van der Waals surface area (Å²) in [6, 6.07) is 14.9. The molecule has 2 aromatic carbocycles. The zero-order valence-corrected chi connectivity index (χ0v) is 14.3. The lowest BCUT2D eigenvalue weighted by molar-refractivity contribution is 0.0955.